The summed E-state index contributed by atoms with van der Waals surface area (Å²) in [5.74, 6) is 0.139. The number of carbonyl (C=O) groups excluding carboxylic acids is 1. The summed E-state index contributed by atoms with van der Waals surface area (Å²) in [5, 5.41) is 17.7. The van der Waals surface area contributed by atoms with Crippen LogP contribution in [-0.4, -0.2) is 45.2 Å². The van der Waals surface area contributed by atoms with E-state index in [0.29, 0.717) is 12.2 Å². The van der Waals surface area contributed by atoms with E-state index in [-0.39, 0.29) is 17.8 Å². The zero-order chi connectivity index (χ0) is 16.2. The van der Waals surface area contributed by atoms with Gasteiger partial charge in [-0.1, -0.05) is 12.1 Å². The minimum atomic E-state index is -0.559. The van der Waals surface area contributed by atoms with Gasteiger partial charge in [0.15, 0.2) is 0 Å². The number of nitrogens with zero attached hydrogens (tertiary/aromatic N) is 4. The average molecular weight is 318 g/mol. The number of hydrogen-bond acceptors (Lipinski definition) is 5. The number of aromatic nitrogens is 4. The van der Waals surface area contributed by atoms with Crippen LogP contribution in [0.1, 0.15) is 23.9 Å². The smallest absolute Gasteiger partial charge is 0.245 e. The van der Waals surface area contributed by atoms with Crippen molar-refractivity contribution >= 4 is 5.91 Å². The maximum Gasteiger partial charge on any atom is 0.245 e. The molecular formula is C15H19FN6O. The molecule has 122 valence electrons. The molecule has 7 nitrogen and oxygen atoms in total. The Morgan fingerprint density at radius 2 is 2.26 bits per heavy atom. The summed E-state index contributed by atoms with van der Waals surface area (Å²) in [7, 11) is 0. The lowest BCUT2D eigenvalue weighted by molar-refractivity contribution is -0.125. The number of carbonyl (C=O) groups is 1. The first-order chi connectivity index (χ1) is 11.1. The Labute approximate surface area is 133 Å². The second kappa shape index (κ2) is 6.82. The topological polar surface area (TPSA) is 84.7 Å². The van der Waals surface area contributed by atoms with Gasteiger partial charge in [-0.05, 0) is 48.0 Å². The molecule has 2 aromatic rings. The Morgan fingerprint density at radius 3 is 2.87 bits per heavy atom. The molecule has 2 heterocycles. The van der Waals surface area contributed by atoms with Crippen LogP contribution < -0.4 is 10.6 Å². The molecule has 1 aliphatic heterocycles. The molecule has 2 N–H and O–H groups in total. The van der Waals surface area contributed by atoms with Crippen molar-refractivity contribution in [1.82, 2.24) is 30.8 Å². The van der Waals surface area contributed by atoms with Gasteiger partial charge in [-0.3, -0.25) is 4.79 Å². The third-order valence-electron chi connectivity index (χ3n) is 4.00. The van der Waals surface area contributed by atoms with E-state index < -0.39 is 6.04 Å². The van der Waals surface area contributed by atoms with Gasteiger partial charge in [0.25, 0.3) is 0 Å². The van der Waals surface area contributed by atoms with Crippen molar-refractivity contribution in [1.29, 1.82) is 0 Å². The molecule has 1 aromatic carbocycles. The summed E-state index contributed by atoms with van der Waals surface area (Å²) in [6.45, 7) is 3.42. The molecule has 3 rings (SSSR count). The van der Waals surface area contributed by atoms with Gasteiger partial charge >= 0.3 is 0 Å². The van der Waals surface area contributed by atoms with E-state index in [9.17, 15) is 9.18 Å². The molecule has 1 aromatic heterocycles. The van der Waals surface area contributed by atoms with Crippen molar-refractivity contribution in [2.75, 3.05) is 13.1 Å². The fourth-order valence-corrected chi connectivity index (χ4v) is 2.74. The van der Waals surface area contributed by atoms with Crippen LogP contribution in [-0.2, 0) is 11.2 Å². The average Bonchev–Trinajstić information content (AvgIpc) is 3.18. The monoisotopic (exact) mass is 318 g/mol. The van der Waals surface area contributed by atoms with Crippen LogP contribution in [0.3, 0.4) is 0 Å². The predicted molar refractivity (Wildman–Crippen MR) is 81.1 cm³/mol. The van der Waals surface area contributed by atoms with Crippen molar-refractivity contribution in [3.8, 4) is 0 Å². The highest BCUT2D eigenvalue weighted by Crippen LogP contribution is 2.16. The number of rotatable bonds is 5. The van der Waals surface area contributed by atoms with Gasteiger partial charge in [-0.2, -0.15) is 0 Å². The molecule has 0 aliphatic carbocycles. The van der Waals surface area contributed by atoms with Gasteiger partial charge in [-0.15, -0.1) is 5.10 Å². The lowest BCUT2D eigenvalue weighted by atomic mass is 10.0. The zero-order valence-electron chi connectivity index (χ0n) is 12.9. The van der Waals surface area contributed by atoms with Crippen molar-refractivity contribution < 1.29 is 9.18 Å². The summed E-state index contributed by atoms with van der Waals surface area (Å²) in [6, 6.07) is 5.68. The van der Waals surface area contributed by atoms with Gasteiger partial charge in [0.05, 0.1) is 0 Å². The van der Waals surface area contributed by atoms with E-state index >= 15 is 0 Å². The normalized spacial score (nSPS) is 18.8. The highest BCUT2D eigenvalue weighted by molar-refractivity contribution is 5.81. The molecule has 23 heavy (non-hydrogen) atoms. The maximum atomic E-state index is 13.1. The third-order valence-corrected chi connectivity index (χ3v) is 4.00. The van der Waals surface area contributed by atoms with Crippen molar-refractivity contribution in [3.05, 3.63) is 41.5 Å². The van der Waals surface area contributed by atoms with E-state index in [1.165, 1.54) is 16.8 Å². The fourth-order valence-electron chi connectivity index (χ4n) is 2.74. The standard InChI is InChI=1S/C15H19FN6O/c1-10-19-20-21-22(10)14(8-11-2-4-12(16)5-3-11)15(23)18-13-6-7-17-9-13/h2-5,13-14,17H,6-9H2,1H3,(H,18,23). The number of halogens is 1. The SMILES string of the molecule is Cc1nnnn1C(Cc1ccc(F)cc1)C(=O)NC1CCNC1. The molecule has 0 bridgehead atoms. The summed E-state index contributed by atoms with van der Waals surface area (Å²) >= 11 is 0. The summed E-state index contributed by atoms with van der Waals surface area (Å²) in [5.41, 5.74) is 0.853. The molecule has 8 heteroatoms. The highest BCUT2D eigenvalue weighted by Gasteiger charge is 2.27. The lowest BCUT2D eigenvalue weighted by Crippen LogP contribution is -2.42. The van der Waals surface area contributed by atoms with Crippen LogP contribution in [0, 0.1) is 12.7 Å². The van der Waals surface area contributed by atoms with Crippen LogP contribution in [0.25, 0.3) is 0 Å². The molecule has 1 fully saturated rings. The van der Waals surface area contributed by atoms with E-state index in [1.807, 2.05) is 0 Å². The van der Waals surface area contributed by atoms with E-state index in [0.717, 1.165) is 25.1 Å². The maximum absolute atomic E-state index is 13.1. The van der Waals surface area contributed by atoms with Gasteiger partial charge in [0.2, 0.25) is 5.91 Å². The van der Waals surface area contributed by atoms with E-state index in [2.05, 4.69) is 26.2 Å². The van der Waals surface area contributed by atoms with E-state index in [1.54, 1.807) is 19.1 Å². The van der Waals surface area contributed by atoms with Crippen molar-refractivity contribution in [2.45, 2.75) is 31.8 Å². The fraction of sp³-hybridized carbons (Fsp3) is 0.467. The van der Waals surface area contributed by atoms with Crippen LogP contribution in [0.15, 0.2) is 24.3 Å². The van der Waals surface area contributed by atoms with Gasteiger partial charge in [0, 0.05) is 19.0 Å². The minimum absolute atomic E-state index is 0.120. The van der Waals surface area contributed by atoms with Crippen molar-refractivity contribution in [3.63, 3.8) is 0 Å². The number of amides is 1. The number of benzene rings is 1. The van der Waals surface area contributed by atoms with Crippen LogP contribution in [0.4, 0.5) is 4.39 Å². The molecule has 2 atom stereocenters. The Morgan fingerprint density at radius 1 is 1.48 bits per heavy atom. The zero-order valence-corrected chi connectivity index (χ0v) is 12.9. The van der Waals surface area contributed by atoms with Crippen LogP contribution in [0.5, 0.6) is 0 Å². The highest BCUT2D eigenvalue weighted by atomic mass is 19.1. The van der Waals surface area contributed by atoms with Gasteiger partial charge in [0.1, 0.15) is 17.7 Å². The predicted octanol–water partition coefficient (Wildman–Crippen LogP) is 0.383. The molecule has 1 saturated heterocycles. The first-order valence-corrected chi connectivity index (χ1v) is 7.63. The lowest BCUT2D eigenvalue weighted by Gasteiger charge is -2.20. The molecule has 0 saturated carbocycles. The number of aryl methyl sites for hydroxylation is 1. The number of nitrogens with one attached hydrogen (secondary N) is 2. The largest absolute Gasteiger partial charge is 0.350 e. The Bertz CT molecular complexity index is 665. The minimum Gasteiger partial charge on any atom is -0.350 e. The first-order valence-electron chi connectivity index (χ1n) is 7.63. The molecule has 0 spiro atoms. The molecule has 1 aliphatic rings. The Kier molecular flexibility index (Phi) is 4.61. The summed E-state index contributed by atoms with van der Waals surface area (Å²) < 4.78 is 14.6. The van der Waals surface area contributed by atoms with Gasteiger partial charge in [-0.25, -0.2) is 9.07 Å². The number of tetrazole rings is 1. The van der Waals surface area contributed by atoms with Crippen LogP contribution >= 0.6 is 0 Å². The van der Waals surface area contributed by atoms with E-state index in [4.69, 9.17) is 0 Å². The summed E-state index contributed by atoms with van der Waals surface area (Å²) in [4.78, 5) is 12.7. The molecular weight excluding hydrogens is 299 g/mol. The van der Waals surface area contributed by atoms with Crippen molar-refractivity contribution in [2.24, 2.45) is 0 Å². The third kappa shape index (κ3) is 3.70. The molecule has 0 radical (unpaired) electrons. The number of hydrogen-bond donors (Lipinski definition) is 2. The molecule has 2 unspecified atom stereocenters. The van der Waals surface area contributed by atoms with Crippen LogP contribution in [0.2, 0.25) is 0 Å². The first kappa shape index (κ1) is 15.5. The van der Waals surface area contributed by atoms with Gasteiger partial charge < -0.3 is 10.6 Å². The Balaban J connectivity index is 1.79. The Hall–Kier alpha value is -2.35. The molecule has 1 amide bonds. The second-order valence-corrected chi connectivity index (χ2v) is 5.72. The summed E-state index contributed by atoms with van der Waals surface area (Å²) in [6.07, 6.45) is 1.31. The quantitative estimate of drug-likeness (QED) is 0.833. The second-order valence-electron chi connectivity index (χ2n) is 5.72.